The molecule has 4 heterocycles. The van der Waals surface area contributed by atoms with Gasteiger partial charge in [-0.1, -0.05) is 32.0 Å². The number of benzene rings is 1. The molecule has 2 saturated heterocycles. The molecule has 2 aromatic heterocycles. The zero-order valence-electron chi connectivity index (χ0n) is 16.4. The van der Waals surface area contributed by atoms with E-state index in [1.165, 1.54) is 17.3 Å². The molecule has 0 radical (unpaired) electrons. The van der Waals surface area contributed by atoms with Crippen LogP contribution < -0.4 is 4.90 Å². The van der Waals surface area contributed by atoms with Crippen molar-refractivity contribution in [3.8, 4) is 11.4 Å². The lowest BCUT2D eigenvalue weighted by atomic mass is 9.91. The van der Waals surface area contributed by atoms with E-state index in [-0.39, 0.29) is 5.60 Å². The Morgan fingerprint density at radius 1 is 1.19 bits per heavy atom. The Bertz CT molecular complexity index is 972. The molecular weight excluding hydrogens is 338 g/mol. The van der Waals surface area contributed by atoms with Crippen LogP contribution in [-0.4, -0.2) is 44.6 Å². The lowest BCUT2D eigenvalue weighted by Crippen LogP contribution is -2.62. The normalized spacial score (nSPS) is 18.7. The summed E-state index contributed by atoms with van der Waals surface area (Å²) < 4.78 is 10.5. The average Bonchev–Trinajstić information content (AvgIpc) is 3.31. The molecule has 2 aliphatic rings. The first-order valence-electron chi connectivity index (χ1n) is 9.93. The minimum atomic E-state index is 0.0637. The molecule has 2 aliphatic heterocycles. The highest BCUT2D eigenvalue weighted by Gasteiger charge is 2.48. The Labute approximate surface area is 159 Å². The van der Waals surface area contributed by atoms with E-state index in [0.29, 0.717) is 5.92 Å². The van der Waals surface area contributed by atoms with Crippen molar-refractivity contribution in [2.24, 2.45) is 13.0 Å². The first-order chi connectivity index (χ1) is 13.1. The van der Waals surface area contributed by atoms with Crippen molar-refractivity contribution in [3.63, 3.8) is 0 Å². The van der Waals surface area contributed by atoms with Crippen LogP contribution in [0.2, 0.25) is 0 Å². The number of nitrogens with zero attached hydrogens (tertiary/aromatic N) is 5. The molecule has 0 N–H and O–H groups in total. The highest BCUT2D eigenvalue weighted by molar-refractivity contribution is 5.94. The summed E-state index contributed by atoms with van der Waals surface area (Å²) in [4.78, 5) is 2.33. The first kappa shape index (κ1) is 16.8. The van der Waals surface area contributed by atoms with Crippen LogP contribution in [0, 0.1) is 5.92 Å². The zero-order valence-corrected chi connectivity index (χ0v) is 16.4. The molecule has 0 aliphatic carbocycles. The molecule has 1 spiro atoms. The molecule has 0 amide bonds. The Morgan fingerprint density at radius 3 is 2.74 bits per heavy atom. The predicted octanol–water partition coefficient (Wildman–Crippen LogP) is 3.46. The molecule has 2 fully saturated rings. The van der Waals surface area contributed by atoms with Crippen LogP contribution in [0.3, 0.4) is 0 Å². The minimum Gasteiger partial charge on any atom is -0.371 e. The van der Waals surface area contributed by atoms with Gasteiger partial charge in [0.25, 0.3) is 0 Å². The van der Waals surface area contributed by atoms with Crippen molar-refractivity contribution in [2.75, 3.05) is 24.6 Å². The SMILES string of the molecule is CC(C)Cn1c(-c2cn(C)c3ccccc23)nnc1N1CC2(CCCO2)C1. The minimum absolute atomic E-state index is 0.0637. The number of fused-ring (bicyclic) bond motifs is 1. The van der Waals surface area contributed by atoms with Crippen molar-refractivity contribution in [1.82, 2.24) is 19.3 Å². The first-order valence-corrected chi connectivity index (χ1v) is 9.93. The molecule has 0 atom stereocenters. The quantitative estimate of drug-likeness (QED) is 0.710. The third-order valence-electron chi connectivity index (χ3n) is 5.84. The lowest BCUT2D eigenvalue weighted by Gasteiger charge is -2.47. The van der Waals surface area contributed by atoms with Gasteiger partial charge in [0, 0.05) is 42.9 Å². The average molecular weight is 365 g/mol. The number of rotatable bonds is 4. The van der Waals surface area contributed by atoms with E-state index in [2.05, 4.69) is 75.6 Å². The second kappa shape index (κ2) is 6.09. The Morgan fingerprint density at radius 2 is 2.00 bits per heavy atom. The van der Waals surface area contributed by atoms with Gasteiger partial charge in [0.1, 0.15) is 5.60 Å². The van der Waals surface area contributed by atoms with Crippen LogP contribution in [0.5, 0.6) is 0 Å². The largest absolute Gasteiger partial charge is 0.371 e. The van der Waals surface area contributed by atoms with Gasteiger partial charge in [0.05, 0.1) is 13.1 Å². The summed E-state index contributed by atoms with van der Waals surface area (Å²) >= 11 is 0. The van der Waals surface area contributed by atoms with Gasteiger partial charge in [-0.3, -0.25) is 4.57 Å². The van der Waals surface area contributed by atoms with Gasteiger partial charge in [0.2, 0.25) is 5.95 Å². The number of anilines is 1. The van der Waals surface area contributed by atoms with E-state index >= 15 is 0 Å². The van der Waals surface area contributed by atoms with E-state index in [9.17, 15) is 0 Å². The highest BCUT2D eigenvalue weighted by atomic mass is 16.5. The van der Waals surface area contributed by atoms with Gasteiger partial charge >= 0.3 is 0 Å². The maximum absolute atomic E-state index is 6.00. The summed E-state index contributed by atoms with van der Waals surface area (Å²) in [5.74, 6) is 2.46. The van der Waals surface area contributed by atoms with Gasteiger partial charge in [-0.25, -0.2) is 0 Å². The number of aromatic nitrogens is 4. The summed E-state index contributed by atoms with van der Waals surface area (Å²) in [7, 11) is 2.09. The van der Waals surface area contributed by atoms with Crippen molar-refractivity contribution in [1.29, 1.82) is 0 Å². The van der Waals surface area contributed by atoms with E-state index < -0.39 is 0 Å². The fourth-order valence-corrected chi connectivity index (χ4v) is 4.58. The predicted molar refractivity (Wildman–Crippen MR) is 107 cm³/mol. The molecule has 0 bridgehead atoms. The Kier molecular flexibility index (Phi) is 3.79. The fourth-order valence-electron chi connectivity index (χ4n) is 4.58. The summed E-state index contributed by atoms with van der Waals surface area (Å²) in [6, 6.07) is 8.49. The van der Waals surface area contributed by atoms with E-state index in [4.69, 9.17) is 4.74 Å². The molecule has 6 nitrogen and oxygen atoms in total. The van der Waals surface area contributed by atoms with Gasteiger partial charge in [-0.15, -0.1) is 10.2 Å². The molecule has 142 valence electrons. The van der Waals surface area contributed by atoms with Crippen LogP contribution in [0.25, 0.3) is 22.3 Å². The van der Waals surface area contributed by atoms with Crippen molar-refractivity contribution >= 4 is 16.9 Å². The lowest BCUT2D eigenvalue weighted by molar-refractivity contribution is -0.0191. The molecule has 27 heavy (non-hydrogen) atoms. The second-order valence-electron chi connectivity index (χ2n) is 8.49. The highest BCUT2D eigenvalue weighted by Crippen LogP contribution is 2.39. The Balaban J connectivity index is 1.56. The molecule has 6 heteroatoms. The summed E-state index contributed by atoms with van der Waals surface area (Å²) in [6.45, 7) is 8.15. The molecule has 1 aromatic carbocycles. The number of aryl methyl sites for hydroxylation is 1. The molecule has 3 aromatic rings. The third kappa shape index (κ3) is 2.65. The maximum Gasteiger partial charge on any atom is 0.227 e. The maximum atomic E-state index is 6.00. The van der Waals surface area contributed by atoms with Gasteiger partial charge in [0.15, 0.2) is 5.82 Å². The number of para-hydroxylation sites is 1. The monoisotopic (exact) mass is 365 g/mol. The zero-order chi connectivity index (χ0) is 18.6. The topological polar surface area (TPSA) is 48.1 Å². The smallest absolute Gasteiger partial charge is 0.227 e. The van der Waals surface area contributed by atoms with Crippen molar-refractivity contribution < 1.29 is 4.74 Å². The van der Waals surface area contributed by atoms with E-state index in [1.54, 1.807) is 0 Å². The van der Waals surface area contributed by atoms with E-state index in [0.717, 1.165) is 50.0 Å². The standard InChI is InChI=1S/C21H27N5O/c1-15(2)11-26-19(17-12-24(3)18-8-5-4-7-16(17)18)22-23-20(26)25-13-21(14-25)9-6-10-27-21/h4-5,7-8,12,15H,6,9-11,13-14H2,1-3H3. The van der Waals surface area contributed by atoms with Crippen molar-refractivity contribution in [2.45, 2.75) is 38.8 Å². The van der Waals surface area contributed by atoms with Crippen LogP contribution in [0.1, 0.15) is 26.7 Å². The molecule has 5 rings (SSSR count). The molecule has 0 saturated carbocycles. The van der Waals surface area contributed by atoms with Gasteiger partial charge in [-0.05, 0) is 24.8 Å². The molecule has 0 unspecified atom stereocenters. The van der Waals surface area contributed by atoms with Crippen molar-refractivity contribution in [3.05, 3.63) is 30.5 Å². The third-order valence-corrected chi connectivity index (χ3v) is 5.84. The van der Waals surface area contributed by atoms with Crippen LogP contribution in [0.4, 0.5) is 5.95 Å². The summed E-state index contributed by atoms with van der Waals surface area (Å²) in [5, 5.41) is 10.5. The van der Waals surface area contributed by atoms with Crippen LogP contribution in [-0.2, 0) is 18.3 Å². The Hall–Kier alpha value is -2.34. The van der Waals surface area contributed by atoms with Gasteiger partial charge in [-0.2, -0.15) is 0 Å². The number of hydrogen-bond acceptors (Lipinski definition) is 4. The fraction of sp³-hybridized carbons (Fsp3) is 0.524. The molecular formula is C21H27N5O. The van der Waals surface area contributed by atoms with E-state index in [1.807, 2.05) is 0 Å². The van der Waals surface area contributed by atoms with Gasteiger partial charge < -0.3 is 14.2 Å². The second-order valence-corrected chi connectivity index (χ2v) is 8.49. The van der Waals surface area contributed by atoms with Crippen LogP contribution in [0.15, 0.2) is 30.5 Å². The number of hydrogen-bond donors (Lipinski definition) is 0. The summed E-state index contributed by atoms with van der Waals surface area (Å²) in [5.41, 5.74) is 2.43. The number of ether oxygens (including phenoxy) is 1. The van der Waals surface area contributed by atoms with Crippen LogP contribution >= 0.6 is 0 Å². The summed E-state index contributed by atoms with van der Waals surface area (Å²) in [6.07, 6.45) is 4.51.